The van der Waals surface area contributed by atoms with E-state index >= 15 is 0 Å². The molecule has 0 unspecified atom stereocenters. The van der Waals surface area contributed by atoms with Crippen LogP contribution in [-0.4, -0.2) is 30.9 Å². The lowest BCUT2D eigenvalue weighted by atomic mass is 10.1. The standard InChI is InChI=1S/C12H17FN2O3/c1-2-17-6-7-18-8-9-4-3-5-10(11(9)13)12(14)15-16/h3-5,16H,2,6-8H2,1H3,(H2,14,15). The molecule has 0 aliphatic heterocycles. The molecule has 18 heavy (non-hydrogen) atoms. The van der Waals surface area contributed by atoms with Crippen LogP contribution in [0.25, 0.3) is 0 Å². The third-order valence-corrected chi connectivity index (χ3v) is 2.30. The smallest absolute Gasteiger partial charge is 0.173 e. The Balaban J connectivity index is 2.61. The number of rotatable bonds is 7. The topological polar surface area (TPSA) is 77.1 Å². The molecule has 0 saturated carbocycles. The maximum absolute atomic E-state index is 13.9. The first-order chi connectivity index (χ1) is 8.70. The van der Waals surface area contributed by atoms with Crippen LogP contribution in [-0.2, 0) is 16.1 Å². The Morgan fingerprint density at radius 2 is 2.11 bits per heavy atom. The van der Waals surface area contributed by atoms with Gasteiger partial charge in [-0.1, -0.05) is 17.3 Å². The molecular weight excluding hydrogens is 239 g/mol. The molecular formula is C12H17FN2O3. The highest BCUT2D eigenvalue weighted by Gasteiger charge is 2.11. The van der Waals surface area contributed by atoms with Gasteiger partial charge in [0.15, 0.2) is 5.84 Å². The van der Waals surface area contributed by atoms with Crippen LogP contribution in [0.2, 0.25) is 0 Å². The average Bonchev–Trinajstić information content (AvgIpc) is 2.39. The van der Waals surface area contributed by atoms with Gasteiger partial charge in [-0.2, -0.15) is 0 Å². The molecule has 0 heterocycles. The van der Waals surface area contributed by atoms with Crippen molar-refractivity contribution in [2.45, 2.75) is 13.5 Å². The molecule has 1 rings (SSSR count). The highest BCUT2D eigenvalue weighted by molar-refractivity contribution is 5.97. The molecule has 1 aromatic rings. The quantitative estimate of drug-likeness (QED) is 0.255. The summed E-state index contributed by atoms with van der Waals surface area (Å²) in [4.78, 5) is 0. The Morgan fingerprint density at radius 3 is 2.78 bits per heavy atom. The molecule has 1 aromatic carbocycles. The van der Waals surface area contributed by atoms with E-state index in [-0.39, 0.29) is 18.0 Å². The van der Waals surface area contributed by atoms with Crippen LogP contribution < -0.4 is 5.73 Å². The minimum absolute atomic E-state index is 0.0587. The number of nitrogens with two attached hydrogens (primary N) is 1. The summed E-state index contributed by atoms with van der Waals surface area (Å²) in [6.45, 7) is 3.49. The van der Waals surface area contributed by atoms with Crippen molar-refractivity contribution in [3.05, 3.63) is 35.1 Å². The van der Waals surface area contributed by atoms with Crippen molar-refractivity contribution < 1.29 is 19.1 Å². The maximum Gasteiger partial charge on any atom is 0.173 e. The van der Waals surface area contributed by atoms with Crippen molar-refractivity contribution >= 4 is 5.84 Å². The van der Waals surface area contributed by atoms with Crippen molar-refractivity contribution in [3.63, 3.8) is 0 Å². The number of nitrogens with zero attached hydrogens (tertiary/aromatic N) is 1. The SMILES string of the molecule is CCOCCOCc1cccc(/C(N)=N/O)c1F. The fourth-order valence-corrected chi connectivity index (χ4v) is 1.39. The van der Waals surface area contributed by atoms with E-state index in [9.17, 15) is 4.39 Å². The summed E-state index contributed by atoms with van der Waals surface area (Å²) in [5, 5.41) is 11.3. The second kappa shape index (κ2) is 7.62. The van der Waals surface area contributed by atoms with Crippen LogP contribution in [0, 0.1) is 5.82 Å². The van der Waals surface area contributed by atoms with Crippen molar-refractivity contribution in [3.8, 4) is 0 Å². The second-order valence-corrected chi connectivity index (χ2v) is 3.51. The molecule has 0 spiro atoms. The summed E-state index contributed by atoms with van der Waals surface area (Å²) in [6.07, 6.45) is 0. The lowest BCUT2D eigenvalue weighted by molar-refractivity contribution is 0.0443. The summed E-state index contributed by atoms with van der Waals surface area (Å²) < 4.78 is 24.3. The monoisotopic (exact) mass is 256 g/mol. The maximum atomic E-state index is 13.9. The van der Waals surface area contributed by atoms with E-state index in [0.29, 0.717) is 25.4 Å². The molecule has 0 fully saturated rings. The Bertz CT molecular complexity index is 410. The molecule has 0 aliphatic rings. The highest BCUT2D eigenvalue weighted by Crippen LogP contribution is 2.13. The summed E-state index contributed by atoms with van der Waals surface area (Å²) in [7, 11) is 0. The first kappa shape index (κ1) is 14.4. The first-order valence-corrected chi connectivity index (χ1v) is 5.61. The second-order valence-electron chi connectivity index (χ2n) is 3.51. The lowest BCUT2D eigenvalue weighted by Crippen LogP contribution is -2.16. The van der Waals surface area contributed by atoms with Gasteiger partial charge in [0.25, 0.3) is 0 Å². The number of halogens is 1. The van der Waals surface area contributed by atoms with E-state index in [4.69, 9.17) is 20.4 Å². The Hall–Kier alpha value is -1.66. The number of hydrogen-bond acceptors (Lipinski definition) is 4. The third kappa shape index (κ3) is 3.97. The van der Waals surface area contributed by atoms with Crippen molar-refractivity contribution in [2.75, 3.05) is 19.8 Å². The molecule has 0 aliphatic carbocycles. The van der Waals surface area contributed by atoms with E-state index in [1.54, 1.807) is 12.1 Å². The van der Waals surface area contributed by atoms with Gasteiger partial charge in [-0.05, 0) is 13.0 Å². The third-order valence-electron chi connectivity index (χ3n) is 2.30. The van der Waals surface area contributed by atoms with Gasteiger partial charge in [-0.3, -0.25) is 0 Å². The first-order valence-electron chi connectivity index (χ1n) is 5.61. The van der Waals surface area contributed by atoms with E-state index in [1.165, 1.54) is 6.07 Å². The zero-order valence-corrected chi connectivity index (χ0v) is 10.2. The number of amidine groups is 1. The van der Waals surface area contributed by atoms with Crippen LogP contribution in [0.1, 0.15) is 18.1 Å². The van der Waals surface area contributed by atoms with Crippen molar-refractivity contribution in [1.82, 2.24) is 0 Å². The predicted octanol–water partition coefficient (Wildman–Crippen LogP) is 1.47. The molecule has 0 atom stereocenters. The van der Waals surface area contributed by atoms with Crippen LogP contribution in [0.15, 0.2) is 23.4 Å². The van der Waals surface area contributed by atoms with Gasteiger partial charge in [0.05, 0.1) is 25.4 Å². The Labute approximate surface area is 105 Å². The Morgan fingerprint density at radius 1 is 1.39 bits per heavy atom. The van der Waals surface area contributed by atoms with Crippen molar-refractivity contribution in [1.29, 1.82) is 0 Å². The molecule has 6 heteroatoms. The van der Waals surface area contributed by atoms with Gasteiger partial charge in [-0.25, -0.2) is 4.39 Å². The van der Waals surface area contributed by atoms with Gasteiger partial charge in [-0.15, -0.1) is 0 Å². The number of hydrogen-bond donors (Lipinski definition) is 2. The molecule has 0 bridgehead atoms. The fourth-order valence-electron chi connectivity index (χ4n) is 1.39. The molecule has 3 N–H and O–H groups in total. The molecule has 0 aromatic heterocycles. The fraction of sp³-hybridized carbons (Fsp3) is 0.417. The summed E-state index contributed by atoms with van der Waals surface area (Å²) >= 11 is 0. The van der Waals surface area contributed by atoms with Gasteiger partial charge < -0.3 is 20.4 Å². The molecule has 100 valence electrons. The summed E-state index contributed by atoms with van der Waals surface area (Å²) in [6, 6.07) is 4.65. The van der Waals surface area contributed by atoms with Crippen LogP contribution in [0.5, 0.6) is 0 Å². The van der Waals surface area contributed by atoms with Gasteiger partial charge in [0, 0.05) is 12.2 Å². The summed E-state index contributed by atoms with van der Waals surface area (Å²) in [5.41, 5.74) is 5.77. The highest BCUT2D eigenvalue weighted by atomic mass is 19.1. The van der Waals surface area contributed by atoms with Crippen LogP contribution in [0.3, 0.4) is 0 Å². The van der Waals surface area contributed by atoms with Gasteiger partial charge in [0.2, 0.25) is 0 Å². The molecule has 0 amide bonds. The van der Waals surface area contributed by atoms with E-state index in [2.05, 4.69) is 5.16 Å². The minimum atomic E-state index is -0.538. The summed E-state index contributed by atoms with van der Waals surface area (Å²) in [5.74, 6) is -0.798. The molecule has 0 saturated heterocycles. The zero-order chi connectivity index (χ0) is 13.4. The van der Waals surface area contributed by atoms with Gasteiger partial charge >= 0.3 is 0 Å². The average molecular weight is 256 g/mol. The minimum Gasteiger partial charge on any atom is -0.409 e. The van der Waals surface area contributed by atoms with Crippen LogP contribution in [0.4, 0.5) is 4.39 Å². The van der Waals surface area contributed by atoms with Crippen LogP contribution >= 0.6 is 0 Å². The van der Waals surface area contributed by atoms with E-state index in [0.717, 1.165) is 0 Å². The normalized spacial score (nSPS) is 11.8. The largest absolute Gasteiger partial charge is 0.409 e. The number of oxime groups is 1. The molecule has 5 nitrogen and oxygen atoms in total. The zero-order valence-electron chi connectivity index (χ0n) is 10.2. The van der Waals surface area contributed by atoms with E-state index < -0.39 is 5.82 Å². The van der Waals surface area contributed by atoms with Crippen molar-refractivity contribution in [2.24, 2.45) is 10.9 Å². The van der Waals surface area contributed by atoms with Gasteiger partial charge in [0.1, 0.15) is 5.82 Å². The molecule has 0 radical (unpaired) electrons. The number of benzene rings is 1. The van der Waals surface area contributed by atoms with E-state index in [1.807, 2.05) is 6.92 Å². The Kier molecular flexibility index (Phi) is 6.10. The lowest BCUT2D eigenvalue weighted by Gasteiger charge is -2.08. The predicted molar refractivity (Wildman–Crippen MR) is 65.1 cm³/mol. The number of ether oxygens (including phenoxy) is 2.